The number of anilines is 1. The Morgan fingerprint density at radius 1 is 1.35 bits per heavy atom. The quantitative estimate of drug-likeness (QED) is 0.865. The number of hydrogen-bond acceptors (Lipinski definition) is 5. The van der Waals surface area contributed by atoms with Crippen LogP contribution in [0.4, 0.5) is 5.69 Å². The van der Waals surface area contributed by atoms with Crippen LogP contribution >= 0.6 is 23.7 Å². The van der Waals surface area contributed by atoms with Crippen molar-refractivity contribution in [3.63, 3.8) is 0 Å². The highest BCUT2D eigenvalue weighted by molar-refractivity contribution is 7.14. The highest BCUT2D eigenvalue weighted by Crippen LogP contribution is 2.27. The number of benzene rings is 1. The minimum absolute atomic E-state index is 0. The van der Waals surface area contributed by atoms with Crippen molar-refractivity contribution in [3.05, 3.63) is 45.6 Å². The van der Waals surface area contributed by atoms with E-state index < -0.39 is 0 Å². The van der Waals surface area contributed by atoms with Crippen molar-refractivity contribution in [2.45, 2.75) is 13.0 Å². The zero-order chi connectivity index (χ0) is 15.4. The third-order valence-electron chi connectivity index (χ3n) is 3.35. The molecule has 0 radical (unpaired) electrons. The van der Waals surface area contributed by atoms with E-state index in [0.29, 0.717) is 19.8 Å². The van der Waals surface area contributed by atoms with Crippen molar-refractivity contribution in [3.8, 4) is 5.75 Å². The zero-order valence-electron chi connectivity index (χ0n) is 12.5. The molecule has 7 heteroatoms. The molecule has 1 amide bonds. The summed E-state index contributed by atoms with van der Waals surface area (Å²) in [4.78, 5) is 14.3. The number of thiophene rings is 1. The van der Waals surface area contributed by atoms with Gasteiger partial charge in [0.25, 0.3) is 5.91 Å². The molecular weight excluding hydrogens is 336 g/mol. The van der Waals surface area contributed by atoms with E-state index in [1.54, 1.807) is 11.3 Å². The average Bonchev–Trinajstić information content (AvgIpc) is 2.98. The van der Waals surface area contributed by atoms with E-state index in [1.165, 1.54) is 4.88 Å². The monoisotopic (exact) mass is 354 g/mol. The Morgan fingerprint density at radius 3 is 2.83 bits per heavy atom. The molecule has 0 unspecified atom stereocenters. The first-order valence-corrected chi connectivity index (χ1v) is 8.01. The molecule has 5 nitrogen and oxygen atoms in total. The van der Waals surface area contributed by atoms with Gasteiger partial charge in [0, 0.05) is 23.5 Å². The summed E-state index contributed by atoms with van der Waals surface area (Å²) in [6.45, 7) is 2.30. The van der Waals surface area contributed by atoms with E-state index in [9.17, 15) is 4.79 Å². The van der Waals surface area contributed by atoms with E-state index in [-0.39, 0.29) is 18.3 Å². The van der Waals surface area contributed by atoms with Gasteiger partial charge >= 0.3 is 0 Å². The normalized spacial score (nSPS) is 12.9. The van der Waals surface area contributed by atoms with E-state index in [1.807, 2.05) is 30.3 Å². The SMILES string of the molecule is Cl.NCCOc1ccc(NC(=O)c2cc3c(s2)CCOC3)cc1. The number of amides is 1. The standard InChI is InChI=1S/C16H18N2O3S.ClH/c17-6-8-21-13-3-1-12(2-4-13)18-16(19)15-9-11-10-20-7-5-14(11)22-15;/h1-4,9H,5-8,10,17H2,(H,18,19);1H. The van der Waals surface area contributed by atoms with Crippen LogP contribution in [-0.4, -0.2) is 25.7 Å². The first-order valence-electron chi connectivity index (χ1n) is 7.20. The Hall–Kier alpha value is -1.60. The van der Waals surface area contributed by atoms with Crippen LogP contribution in [0.2, 0.25) is 0 Å². The number of ether oxygens (including phenoxy) is 2. The molecule has 0 aliphatic carbocycles. The number of carbonyl (C=O) groups is 1. The lowest BCUT2D eigenvalue weighted by atomic mass is 10.2. The van der Waals surface area contributed by atoms with E-state index in [2.05, 4.69) is 5.32 Å². The van der Waals surface area contributed by atoms with Crippen LogP contribution in [0.25, 0.3) is 0 Å². The van der Waals surface area contributed by atoms with Gasteiger partial charge in [-0.15, -0.1) is 23.7 Å². The van der Waals surface area contributed by atoms with Gasteiger partial charge in [0.15, 0.2) is 0 Å². The van der Waals surface area contributed by atoms with Gasteiger partial charge in [-0.3, -0.25) is 4.79 Å². The van der Waals surface area contributed by atoms with Gasteiger partial charge in [0.1, 0.15) is 12.4 Å². The summed E-state index contributed by atoms with van der Waals surface area (Å²) in [5, 5.41) is 2.90. The summed E-state index contributed by atoms with van der Waals surface area (Å²) < 4.78 is 10.8. The highest BCUT2D eigenvalue weighted by Gasteiger charge is 2.17. The molecule has 2 heterocycles. The van der Waals surface area contributed by atoms with Crippen LogP contribution in [-0.2, 0) is 17.8 Å². The number of carbonyl (C=O) groups excluding carboxylic acids is 1. The number of nitrogens with two attached hydrogens (primary N) is 1. The Morgan fingerprint density at radius 2 is 2.13 bits per heavy atom. The third kappa shape index (κ3) is 4.45. The Labute approximate surface area is 145 Å². The predicted molar refractivity (Wildman–Crippen MR) is 93.9 cm³/mol. The molecule has 3 rings (SSSR count). The molecule has 1 aliphatic heterocycles. The lowest BCUT2D eigenvalue weighted by Gasteiger charge is -2.10. The molecule has 1 aromatic heterocycles. The fraction of sp³-hybridized carbons (Fsp3) is 0.312. The zero-order valence-corrected chi connectivity index (χ0v) is 14.2. The summed E-state index contributed by atoms with van der Waals surface area (Å²) >= 11 is 1.55. The average molecular weight is 355 g/mol. The van der Waals surface area contributed by atoms with Gasteiger partial charge in [-0.1, -0.05) is 0 Å². The van der Waals surface area contributed by atoms with Gasteiger partial charge in [-0.2, -0.15) is 0 Å². The molecule has 124 valence electrons. The van der Waals surface area contributed by atoms with Crippen LogP contribution in [0.1, 0.15) is 20.1 Å². The van der Waals surface area contributed by atoms with Crippen LogP contribution in [0.3, 0.4) is 0 Å². The van der Waals surface area contributed by atoms with E-state index >= 15 is 0 Å². The second-order valence-corrected chi connectivity index (χ2v) is 6.11. The molecule has 2 aromatic rings. The maximum absolute atomic E-state index is 12.3. The van der Waals surface area contributed by atoms with Crippen molar-refractivity contribution >= 4 is 35.3 Å². The summed E-state index contributed by atoms with van der Waals surface area (Å²) in [6, 6.07) is 9.20. The minimum atomic E-state index is -0.0879. The Balaban J connectivity index is 0.00000192. The Kier molecular flexibility index (Phi) is 6.41. The third-order valence-corrected chi connectivity index (χ3v) is 4.59. The molecule has 23 heavy (non-hydrogen) atoms. The first-order chi connectivity index (χ1) is 10.8. The van der Waals surface area contributed by atoms with Crippen molar-refractivity contribution in [1.29, 1.82) is 0 Å². The molecule has 0 atom stereocenters. The van der Waals surface area contributed by atoms with Crippen LogP contribution in [0, 0.1) is 0 Å². The van der Waals surface area contributed by atoms with Gasteiger partial charge in [-0.25, -0.2) is 0 Å². The number of rotatable bonds is 5. The molecule has 1 aromatic carbocycles. The maximum Gasteiger partial charge on any atom is 0.265 e. The lowest BCUT2D eigenvalue weighted by Crippen LogP contribution is -2.11. The van der Waals surface area contributed by atoms with Crippen molar-refractivity contribution in [2.75, 3.05) is 25.1 Å². The predicted octanol–water partition coefficient (Wildman–Crippen LogP) is 2.83. The first kappa shape index (κ1) is 17.7. The molecule has 0 bridgehead atoms. The van der Waals surface area contributed by atoms with Gasteiger partial charge < -0.3 is 20.5 Å². The van der Waals surface area contributed by atoms with E-state index in [0.717, 1.165) is 34.9 Å². The number of fused-ring (bicyclic) bond motifs is 1. The van der Waals surface area contributed by atoms with E-state index in [4.69, 9.17) is 15.2 Å². The second-order valence-electron chi connectivity index (χ2n) is 4.98. The maximum atomic E-state index is 12.3. The summed E-state index contributed by atoms with van der Waals surface area (Å²) in [6.07, 6.45) is 0.889. The molecule has 0 saturated heterocycles. The second kappa shape index (κ2) is 8.31. The lowest BCUT2D eigenvalue weighted by molar-refractivity contribution is 0.102. The highest BCUT2D eigenvalue weighted by atomic mass is 35.5. The number of nitrogens with one attached hydrogen (secondary N) is 1. The van der Waals surface area contributed by atoms with Crippen LogP contribution in [0.15, 0.2) is 30.3 Å². The smallest absolute Gasteiger partial charge is 0.265 e. The molecular formula is C16H19ClN2O3S. The van der Waals surface area contributed by atoms with Crippen LogP contribution < -0.4 is 15.8 Å². The summed E-state index contributed by atoms with van der Waals surface area (Å²) in [5.41, 5.74) is 7.26. The minimum Gasteiger partial charge on any atom is -0.492 e. The van der Waals surface area contributed by atoms with Crippen molar-refractivity contribution in [2.24, 2.45) is 5.73 Å². The van der Waals surface area contributed by atoms with Crippen molar-refractivity contribution in [1.82, 2.24) is 0 Å². The largest absolute Gasteiger partial charge is 0.492 e. The van der Waals surface area contributed by atoms with Gasteiger partial charge in [-0.05, 0) is 35.9 Å². The number of halogens is 1. The summed E-state index contributed by atoms with van der Waals surface area (Å²) in [7, 11) is 0. The topological polar surface area (TPSA) is 73.6 Å². The summed E-state index contributed by atoms with van der Waals surface area (Å²) in [5.74, 6) is 0.655. The molecule has 0 spiro atoms. The molecule has 0 saturated carbocycles. The Bertz CT molecular complexity index is 634. The van der Waals surface area contributed by atoms with Crippen LogP contribution in [0.5, 0.6) is 5.75 Å². The van der Waals surface area contributed by atoms with Gasteiger partial charge in [0.05, 0.1) is 18.1 Å². The van der Waals surface area contributed by atoms with Gasteiger partial charge in [0.2, 0.25) is 0 Å². The van der Waals surface area contributed by atoms with Crippen molar-refractivity contribution < 1.29 is 14.3 Å². The fourth-order valence-corrected chi connectivity index (χ4v) is 3.31. The fourth-order valence-electron chi connectivity index (χ4n) is 2.26. The number of hydrogen-bond donors (Lipinski definition) is 2. The molecule has 1 aliphatic rings. The molecule has 0 fully saturated rings. The molecule has 3 N–H and O–H groups in total.